The maximum atomic E-state index is 5.88. The van der Waals surface area contributed by atoms with E-state index in [9.17, 15) is 0 Å². The molecule has 0 unspecified atom stereocenters. The van der Waals surface area contributed by atoms with Crippen molar-refractivity contribution in [2.45, 2.75) is 45.4 Å². The Kier molecular flexibility index (Phi) is 9.86. The Bertz CT molecular complexity index is 1090. The predicted octanol–water partition coefficient (Wildman–Crippen LogP) is 9.09. The van der Waals surface area contributed by atoms with Crippen LogP contribution in [0, 0.1) is 30.8 Å². The molecule has 4 aliphatic carbocycles. The summed E-state index contributed by atoms with van der Waals surface area (Å²) in [4.78, 5) is 0. The Labute approximate surface area is 240 Å². The molecule has 0 spiro atoms. The number of hydrogen-bond acceptors (Lipinski definition) is 3. The van der Waals surface area contributed by atoms with E-state index in [-0.39, 0.29) is 0 Å². The van der Waals surface area contributed by atoms with Crippen molar-refractivity contribution in [3.05, 3.63) is 52.7 Å². The number of allylic oxidation sites excluding steroid dienone is 2. The number of ether oxygens (including phenoxy) is 3. The molecule has 11 heteroatoms. The van der Waals surface area contributed by atoms with Crippen LogP contribution in [0.25, 0.3) is 0 Å². The van der Waals surface area contributed by atoms with Crippen molar-refractivity contribution in [1.29, 1.82) is 0 Å². The number of fused-ring (bicyclic) bond motifs is 3. The van der Waals surface area contributed by atoms with Crippen LogP contribution in [-0.2, 0) is 9.16 Å². The number of ketones is 1. The molecular formula is C26H34Cl6O4Sb. The van der Waals surface area contributed by atoms with E-state index in [1.165, 1.54) is 36.8 Å². The third-order valence-corrected chi connectivity index (χ3v) is 7.43. The topological polar surface area (TPSA) is 39.0 Å². The van der Waals surface area contributed by atoms with E-state index in [4.69, 9.17) is 71.6 Å². The van der Waals surface area contributed by atoms with E-state index < -0.39 is 9.14 Å². The third kappa shape index (κ3) is 8.73. The van der Waals surface area contributed by atoms with E-state index >= 15 is 0 Å². The summed E-state index contributed by atoms with van der Waals surface area (Å²) in [6, 6.07) is 4.34. The Hall–Kier alpha value is 0.488. The molecule has 2 atom stereocenters. The molecule has 1 radical (unpaired) electrons. The third-order valence-electron chi connectivity index (χ3n) is 7.43. The quantitative estimate of drug-likeness (QED) is 0.223. The van der Waals surface area contributed by atoms with Gasteiger partial charge in [-0.1, -0.05) is 0 Å². The van der Waals surface area contributed by atoms with Crippen LogP contribution in [0.15, 0.2) is 35.4 Å². The van der Waals surface area contributed by atoms with Crippen molar-refractivity contribution in [2.75, 3.05) is 28.4 Å². The molecule has 0 aliphatic heterocycles. The van der Waals surface area contributed by atoms with Crippen molar-refractivity contribution < 1.29 is 18.6 Å². The summed E-state index contributed by atoms with van der Waals surface area (Å²) >= 11 is 0. The van der Waals surface area contributed by atoms with E-state index in [0.29, 0.717) is 23.7 Å². The van der Waals surface area contributed by atoms with E-state index in [1.807, 2.05) is 0 Å². The summed E-state index contributed by atoms with van der Waals surface area (Å²) in [5.41, 5.74) is 4.73. The van der Waals surface area contributed by atoms with E-state index in [2.05, 4.69) is 38.1 Å². The molecule has 5 rings (SSSR count). The van der Waals surface area contributed by atoms with Gasteiger partial charge in [-0.05, 0) is 92.5 Å². The van der Waals surface area contributed by atoms with Crippen molar-refractivity contribution in [3.8, 4) is 11.5 Å². The monoisotopic (exact) mass is 741 g/mol. The van der Waals surface area contributed by atoms with Crippen LogP contribution in [0.4, 0.5) is 0 Å². The first-order valence-corrected chi connectivity index (χ1v) is 31.4. The molecule has 1 aromatic rings. The Morgan fingerprint density at radius 2 is 1.27 bits per heavy atom. The fourth-order valence-electron chi connectivity index (χ4n) is 6.01. The first-order chi connectivity index (χ1) is 17.0. The molecule has 3 saturated carbocycles. The summed E-state index contributed by atoms with van der Waals surface area (Å²) < 4.78 is 23.1. The van der Waals surface area contributed by atoms with Gasteiger partial charge in [-0.3, -0.25) is 4.42 Å². The standard InChI is InChI=1S/C26H34O4.6ClH.Sb/c1-15-11-23(29-5)19(13-21(15)27-3)25-17-7-9-18(10-8-17)26(25)20-14-22(28-4)16(2)12-24(20)30-6;;;;;;;/h11-14,17-18,25-26H,7-10H2,1-6H3;6*1H;/q+1;;;;;;;+5/p-6/t17?,18?,25-,26+;;;;;;;. The second kappa shape index (κ2) is 11.4. The maximum absolute atomic E-state index is 5.88. The van der Waals surface area contributed by atoms with Gasteiger partial charge in [-0.2, -0.15) is 0 Å². The average Bonchev–Trinajstić information content (AvgIpc) is 2.82. The first-order valence-electron chi connectivity index (χ1n) is 12.0. The molecule has 0 aromatic heterocycles. The fraction of sp³-hybridized carbons (Fsp3) is 0.538. The summed E-state index contributed by atoms with van der Waals surface area (Å²) in [6.45, 7) is 4.15. The SMILES string of the molecule is CO[C]1C=C(C)C(=[O+]C)C=C1[C@H]1C2CCC(CC2)[C@H]1c1cc(OC)c(C)cc1OC.[Cl][Sb-]([Cl])([Cl])([Cl])([Cl])[Cl]. The zero-order chi connectivity index (χ0) is 27.8. The minimum absolute atomic E-state index is 0.378. The van der Waals surface area contributed by atoms with Crippen LogP contribution in [-0.4, -0.2) is 43.4 Å². The minimum atomic E-state index is -5.42. The van der Waals surface area contributed by atoms with Gasteiger partial charge in [0.25, 0.3) is 7.11 Å². The molecule has 4 nitrogen and oxygen atoms in total. The molecule has 4 aliphatic rings. The molecule has 3 fully saturated rings. The molecule has 2 bridgehead atoms. The number of benzene rings is 1. The summed E-state index contributed by atoms with van der Waals surface area (Å²) in [6.07, 6.45) is 10.4. The first kappa shape index (κ1) is 32.0. The zero-order valence-corrected chi connectivity index (χ0v) is 28.9. The van der Waals surface area contributed by atoms with Crippen molar-refractivity contribution in [2.24, 2.45) is 17.8 Å². The van der Waals surface area contributed by atoms with Gasteiger partial charge in [0.2, 0.25) is 0 Å². The molecule has 209 valence electrons. The number of halogens is 6. The Balaban J connectivity index is 0.000000479. The molecular weight excluding hydrogens is 711 g/mol. The summed E-state index contributed by atoms with van der Waals surface area (Å²) in [5.74, 6) is 4.86. The fourth-order valence-corrected chi connectivity index (χ4v) is 6.01. The normalized spacial score (nSPS) is 28.9. The number of hydrogen-bond donors (Lipinski definition) is 0. The van der Waals surface area contributed by atoms with Crippen LogP contribution in [0.1, 0.15) is 49.7 Å². The molecule has 1 aromatic carbocycles. The van der Waals surface area contributed by atoms with Gasteiger partial charge in [0.1, 0.15) is 17.6 Å². The average molecular weight is 745 g/mol. The summed E-state index contributed by atoms with van der Waals surface area (Å²) in [7, 11) is 32.0. The van der Waals surface area contributed by atoms with Crippen LogP contribution in [0.3, 0.4) is 0 Å². The van der Waals surface area contributed by atoms with Crippen molar-refractivity contribution in [1.82, 2.24) is 0 Å². The molecule has 0 amide bonds. The van der Waals surface area contributed by atoms with Crippen LogP contribution in [0.2, 0.25) is 0 Å². The summed E-state index contributed by atoms with van der Waals surface area (Å²) in [5, 5.41) is 0. The van der Waals surface area contributed by atoms with Gasteiger partial charge < -0.3 is 14.2 Å². The number of aryl methyl sites for hydroxylation is 1. The van der Waals surface area contributed by atoms with Gasteiger partial charge in [0.05, 0.1) is 19.8 Å². The second-order valence-electron chi connectivity index (χ2n) is 9.81. The Morgan fingerprint density at radius 1 is 0.757 bits per heavy atom. The van der Waals surface area contributed by atoms with Gasteiger partial charge in [-0.15, -0.1) is 0 Å². The van der Waals surface area contributed by atoms with Gasteiger partial charge >= 0.3 is 67.9 Å². The van der Waals surface area contributed by atoms with E-state index in [0.717, 1.165) is 34.5 Å². The van der Waals surface area contributed by atoms with Gasteiger partial charge in [0, 0.05) is 18.7 Å². The van der Waals surface area contributed by atoms with Crippen molar-refractivity contribution in [3.63, 3.8) is 0 Å². The zero-order valence-electron chi connectivity index (χ0n) is 21.8. The van der Waals surface area contributed by atoms with Crippen LogP contribution < -0.4 is 9.47 Å². The van der Waals surface area contributed by atoms with Crippen LogP contribution >= 0.6 is 53.0 Å². The van der Waals surface area contributed by atoms with Gasteiger partial charge in [0.15, 0.2) is 0 Å². The second-order valence-corrected chi connectivity index (χ2v) is 66.7. The number of methoxy groups -OCH3 is 3. The predicted molar refractivity (Wildman–Crippen MR) is 160 cm³/mol. The van der Waals surface area contributed by atoms with E-state index in [1.54, 1.807) is 28.4 Å². The molecule has 0 saturated heterocycles. The van der Waals surface area contributed by atoms with Crippen LogP contribution in [0.5, 0.6) is 11.5 Å². The Morgan fingerprint density at radius 3 is 1.73 bits per heavy atom. The number of rotatable bonds is 5. The van der Waals surface area contributed by atoms with Gasteiger partial charge in [-0.25, -0.2) is 0 Å². The molecule has 0 heterocycles. The molecule has 0 N–H and O–H groups in total. The van der Waals surface area contributed by atoms with Crippen molar-refractivity contribution >= 4 is 67.9 Å². The molecule has 37 heavy (non-hydrogen) atoms. The number of carbonyl (C=O) groups excluding carboxylic acids is 1.